The first-order valence-corrected chi connectivity index (χ1v) is 7.75. The van der Waals surface area contributed by atoms with Gasteiger partial charge in [0.1, 0.15) is 0 Å². The van der Waals surface area contributed by atoms with Crippen LogP contribution in [-0.2, 0) is 13.0 Å². The van der Waals surface area contributed by atoms with Crippen LogP contribution in [0, 0.1) is 5.92 Å². The molecule has 2 aromatic rings. The lowest BCUT2D eigenvalue weighted by Crippen LogP contribution is -2.19. The molecule has 1 heterocycles. The highest BCUT2D eigenvalue weighted by Gasteiger charge is 2.21. The maximum Gasteiger partial charge on any atom is 0.0813 e. The largest absolute Gasteiger partial charge is 0.388 e. The quantitative estimate of drug-likeness (QED) is 0.917. The van der Waals surface area contributed by atoms with E-state index in [-0.39, 0.29) is 12.0 Å². The predicted molar refractivity (Wildman–Crippen MR) is 87.4 cm³/mol. The van der Waals surface area contributed by atoms with Crippen LogP contribution in [0.2, 0.25) is 0 Å². The molecule has 21 heavy (non-hydrogen) atoms. The Balaban J connectivity index is 1.80. The summed E-state index contributed by atoms with van der Waals surface area (Å²) >= 11 is 0. The van der Waals surface area contributed by atoms with Crippen molar-refractivity contribution in [2.24, 2.45) is 5.92 Å². The second kappa shape index (κ2) is 5.90. The van der Waals surface area contributed by atoms with Crippen LogP contribution >= 0.6 is 0 Å². The summed E-state index contributed by atoms with van der Waals surface area (Å²) in [6.45, 7) is 6.13. The van der Waals surface area contributed by atoms with E-state index in [1.54, 1.807) is 0 Å². The van der Waals surface area contributed by atoms with Crippen LogP contribution in [0.5, 0.6) is 0 Å². The highest BCUT2D eigenvalue weighted by atomic mass is 16.3. The summed E-state index contributed by atoms with van der Waals surface area (Å²) in [6.07, 6.45) is 0.708. The smallest absolute Gasteiger partial charge is 0.0813 e. The summed E-state index contributed by atoms with van der Waals surface area (Å²) in [7, 11) is 0. The van der Waals surface area contributed by atoms with Crippen LogP contribution in [-0.4, -0.2) is 11.7 Å². The van der Waals surface area contributed by atoms with Crippen LogP contribution in [0.1, 0.15) is 36.6 Å². The van der Waals surface area contributed by atoms with Crippen molar-refractivity contribution in [2.75, 3.05) is 11.4 Å². The fourth-order valence-electron chi connectivity index (χ4n) is 3.03. The van der Waals surface area contributed by atoms with Crippen molar-refractivity contribution in [1.29, 1.82) is 0 Å². The van der Waals surface area contributed by atoms with E-state index >= 15 is 0 Å². The van der Waals surface area contributed by atoms with Gasteiger partial charge in [0.2, 0.25) is 0 Å². The SMILES string of the molecule is CC(C)[C@@H](O)c1ccc2c(c1)CCN2Cc1ccccc1. The molecule has 1 atom stereocenters. The van der Waals surface area contributed by atoms with Crippen molar-refractivity contribution in [3.63, 3.8) is 0 Å². The van der Waals surface area contributed by atoms with E-state index < -0.39 is 0 Å². The van der Waals surface area contributed by atoms with E-state index in [1.165, 1.54) is 16.8 Å². The van der Waals surface area contributed by atoms with Gasteiger partial charge in [0.15, 0.2) is 0 Å². The molecular formula is C19H23NO. The van der Waals surface area contributed by atoms with Crippen LogP contribution in [0.15, 0.2) is 48.5 Å². The Hall–Kier alpha value is -1.80. The third-order valence-corrected chi connectivity index (χ3v) is 4.28. The van der Waals surface area contributed by atoms with Crippen LogP contribution in [0.4, 0.5) is 5.69 Å². The van der Waals surface area contributed by atoms with Crippen molar-refractivity contribution >= 4 is 5.69 Å². The lowest BCUT2D eigenvalue weighted by Gasteiger charge is -2.21. The average molecular weight is 281 g/mol. The molecule has 110 valence electrons. The molecule has 0 aromatic heterocycles. The zero-order valence-electron chi connectivity index (χ0n) is 12.8. The lowest BCUT2D eigenvalue weighted by molar-refractivity contribution is 0.127. The summed E-state index contributed by atoms with van der Waals surface area (Å²) in [5.74, 6) is 0.255. The van der Waals surface area contributed by atoms with E-state index in [9.17, 15) is 5.11 Å². The molecule has 3 rings (SSSR count). The number of benzene rings is 2. The number of aliphatic hydroxyl groups is 1. The van der Waals surface area contributed by atoms with Gasteiger partial charge < -0.3 is 10.0 Å². The molecule has 0 radical (unpaired) electrons. The fourth-order valence-corrected chi connectivity index (χ4v) is 3.03. The molecule has 0 aliphatic carbocycles. The zero-order valence-corrected chi connectivity index (χ0v) is 12.8. The molecule has 1 N–H and O–H groups in total. The van der Waals surface area contributed by atoms with Gasteiger partial charge in [0.05, 0.1) is 6.10 Å². The molecule has 0 amide bonds. The molecule has 1 aliphatic rings. The Bertz CT molecular complexity index is 606. The first kappa shape index (κ1) is 14.2. The van der Waals surface area contributed by atoms with E-state index in [0.29, 0.717) is 0 Å². The second-order valence-corrected chi connectivity index (χ2v) is 6.23. The number of hydrogen-bond acceptors (Lipinski definition) is 2. The minimum absolute atomic E-state index is 0.255. The molecule has 0 saturated carbocycles. The van der Waals surface area contributed by atoms with Crippen molar-refractivity contribution < 1.29 is 5.11 Å². The highest BCUT2D eigenvalue weighted by Crippen LogP contribution is 2.33. The van der Waals surface area contributed by atoms with Gasteiger partial charge in [-0.2, -0.15) is 0 Å². The van der Waals surface area contributed by atoms with Crippen LogP contribution in [0.3, 0.4) is 0 Å². The Kier molecular flexibility index (Phi) is 3.98. The van der Waals surface area contributed by atoms with Gasteiger partial charge in [-0.1, -0.05) is 56.3 Å². The predicted octanol–water partition coefficient (Wildman–Crippen LogP) is 3.94. The summed E-state index contributed by atoms with van der Waals surface area (Å²) in [6, 6.07) is 17.0. The minimum Gasteiger partial charge on any atom is -0.388 e. The minimum atomic E-state index is -0.363. The molecule has 2 aromatic carbocycles. The Morgan fingerprint density at radius 1 is 1.10 bits per heavy atom. The van der Waals surface area contributed by atoms with E-state index in [4.69, 9.17) is 0 Å². The van der Waals surface area contributed by atoms with Gasteiger partial charge >= 0.3 is 0 Å². The second-order valence-electron chi connectivity index (χ2n) is 6.23. The molecule has 0 bridgehead atoms. The third kappa shape index (κ3) is 2.96. The van der Waals surface area contributed by atoms with Crippen LogP contribution in [0.25, 0.3) is 0 Å². The van der Waals surface area contributed by atoms with E-state index in [0.717, 1.165) is 25.1 Å². The summed E-state index contributed by atoms with van der Waals surface area (Å²) in [5, 5.41) is 10.2. The first-order valence-electron chi connectivity index (χ1n) is 7.75. The van der Waals surface area contributed by atoms with E-state index in [1.807, 2.05) is 0 Å². The number of hydrogen-bond donors (Lipinski definition) is 1. The Labute approximate surface area is 127 Å². The van der Waals surface area contributed by atoms with Crippen LogP contribution < -0.4 is 4.90 Å². The van der Waals surface area contributed by atoms with Gasteiger partial charge in [0.25, 0.3) is 0 Å². The molecule has 0 spiro atoms. The number of anilines is 1. The maximum absolute atomic E-state index is 10.2. The van der Waals surface area contributed by atoms with Crippen molar-refractivity contribution in [2.45, 2.75) is 32.9 Å². The topological polar surface area (TPSA) is 23.5 Å². The maximum atomic E-state index is 10.2. The Morgan fingerprint density at radius 2 is 1.86 bits per heavy atom. The van der Waals surface area contributed by atoms with Gasteiger partial charge in [0, 0.05) is 18.8 Å². The molecule has 0 fully saturated rings. The van der Waals surface area contributed by atoms with Gasteiger partial charge in [-0.15, -0.1) is 0 Å². The van der Waals surface area contributed by atoms with Crippen molar-refractivity contribution in [3.05, 3.63) is 65.2 Å². The lowest BCUT2D eigenvalue weighted by atomic mass is 9.97. The van der Waals surface area contributed by atoms with Gasteiger partial charge in [-0.3, -0.25) is 0 Å². The fraction of sp³-hybridized carbons (Fsp3) is 0.368. The van der Waals surface area contributed by atoms with E-state index in [2.05, 4.69) is 67.3 Å². The molecule has 0 saturated heterocycles. The van der Waals surface area contributed by atoms with Gasteiger partial charge in [-0.25, -0.2) is 0 Å². The van der Waals surface area contributed by atoms with Gasteiger partial charge in [-0.05, 0) is 35.1 Å². The van der Waals surface area contributed by atoms with Crippen molar-refractivity contribution in [3.8, 4) is 0 Å². The summed E-state index contributed by atoms with van der Waals surface area (Å²) in [4.78, 5) is 2.43. The monoisotopic (exact) mass is 281 g/mol. The Morgan fingerprint density at radius 3 is 2.57 bits per heavy atom. The first-order chi connectivity index (χ1) is 10.1. The number of fused-ring (bicyclic) bond motifs is 1. The molecule has 2 heteroatoms. The summed E-state index contributed by atoms with van der Waals surface area (Å²) in [5.41, 5.74) is 5.07. The third-order valence-electron chi connectivity index (χ3n) is 4.28. The molecule has 0 unspecified atom stereocenters. The van der Waals surface area contributed by atoms with Crippen molar-refractivity contribution in [1.82, 2.24) is 0 Å². The average Bonchev–Trinajstić information content (AvgIpc) is 2.90. The summed E-state index contributed by atoms with van der Waals surface area (Å²) < 4.78 is 0. The molecule has 1 aliphatic heterocycles. The highest BCUT2D eigenvalue weighted by molar-refractivity contribution is 5.59. The molecular weight excluding hydrogens is 258 g/mol. The number of aliphatic hydroxyl groups excluding tert-OH is 1. The standard InChI is InChI=1S/C19H23NO/c1-14(2)19(21)17-8-9-18-16(12-17)10-11-20(18)13-15-6-4-3-5-7-15/h3-9,12,14,19,21H,10-11,13H2,1-2H3/t19-/m1/s1. The number of rotatable bonds is 4. The zero-order chi connectivity index (χ0) is 14.8. The number of nitrogens with zero attached hydrogens (tertiary/aromatic N) is 1. The normalized spacial score (nSPS) is 15.3. The molecule has 2 nitrogen and oxygen atoms in total.